The van der Waals surface area contributed by atoms with E-state index in [1.54, 1.807) is 11.3 Å². The Bertz CT molecular complexity index is 905. The van der Waals surface area contributed by atoms with Crippen molar-refractivity contribution in [1.82, 2.24) is 4.90 Å². The van der Waals surface area contributed by atoms with Crippen LogP contribution in [0.3, 0.4) is 0 Å². The van der Waals surface area contributed by atoms with Gasteiger partial charge in [-0.3, -0.25) is 0 Å². The van der Waals surface area contributed by atoms with Gasteiger partial charge < -0.3 is 19.9 Å². The fourth-order valence-electron chi connectivity index (χ4n) is 4.41. The van der Waals surface area contributed by atoms with Crippen molar-refractivity contribution in [2.75, 3.05) is 43.0 Å². The number of hydrogen-bond acceptors (Lipinski definition) is 5. The van der Waals surface area contributed by atoms with E-state index in [0.717, 1.165) is 50.4 Å². The SMILES string of the molecule is CCOC(=O)c1c(NC(=S)N2CCN(c3ccccc3)CC2)sc2c1CCCCCC2. The standard InChI is InChI=1S/C24H31N3O2S2/c1-2-29-23(28)21-19-12-8-3-4-9-13-20(19)31-22(21)25-24(30)27-16-14-26(15-17-27)18-10-6-5-7-11-18/h5-7,10-11H,2-4,8-9,12-17H2,1H3,(H,25,30). The van der Waals surface area contributed by atoms with Gasteiger partial charge in [-0.25, -0.2) is 4.79 Å². The van der Waals surface area contributed by atoms with Crippen LogP contribution in [0, 0.1) is 0 Å². The van der Waals surface area contributed by atoms with Crippen molar-refractivity contribution < 1.29 is 9.53 Å². The van der Waals surface area contributed by atoms with Gasteiger partial charge in [0.2, 0.25) is 0 Å². The molecule has 0 spiro atoms. The number of thiocarbonyl (C=S) groups is 1. The van der Waals surface area contributed by atoms with E-state index in [9.17, 15) is 4.79 Å². The molecule has 1 aliphatic heterocycles. The van der Waals surface area contributed by atoms with Gasteiger partial charge >= 0.3 is 5.97 Å². The smallest absolute Gasteiger partial charge is 0.341 e. The number of thiophene rings is 1. The van der Waals surface area contributed by atoms with Crippen molar-refractivity contribution in [2.24, 2.45) is 0 Å². The maximum atomic E-state index is 12.8. The Labute approximate surface area is 194 Å². The molecule has 2 aliphatic rings. The molecule has 166 valence electrons. The molecule has 31 heavy (non-hydrogen) atoms. The fourth-order valence-corrected chi connectivity index (χ4v) is 6.04. The lowest BCUT2D eigenvalue weighted by Gasteiger charge is -2.37. The molecule has 1 fully saturated rings. The normalized spacial score (nSPS) is 16.8. The third kappa shape index (κ3) is 5.21. The second kappa shape index (κ2) is 10.5. The number of aryl methyl sites for hydroxylation is 1. The molecule has 2 heterocycles. The topological polar surface area (TPSA) is 44.8 Å². The number of hydrogen-bond donors (Lipinski definition) is 1. The quantitative estimate of drug-likeness (QED) is 0.509. The van der Waals surface area contributed by atoms with Crippen LogP contribution in [0.15, 0.2) is 30.3 Å². The monoisotopic (exact) mass is 457 g/mol. The summed E-state index contributed by atoms with van der Waals surface area (Å²) in [4.78, 5) is 18.8. The molecule has 0 radical (unpaired) electrons. The molecule has 0 unspecified atom stereocenters. The van der Waals surface area contributed by atoms with Crippen LogP contribution in [0.1, 0.15) is 53.4 Å². The summed E-state index contributed by atoms with van der Waals surface area (Å²) < 4.78 is 5.42. The second-order valence-corrected chi connectivity index (χ2v) is 9.57. The number of rotatable bonds is 4. The highest BCUT2D eigenvalue weighted by Crippen LogP contribution is 2.37. The van der Waals surface area contributed by atoms with Crippen LogP contribution in [0.2, 0.25) is 0 Å². The molecule has 5 nitrogen and oxygen atoms in total. The number of nitrogens with zero attached hydrogens (tertiary/aromatic N) is 2. The molecule has 7 heteroatoms. The van der Waals surface area contributed by atoms with Crippen molar-refractivity contribution in [1.29, 1.82) is 0 Å². The Hall–Kier alpha value is -2.12. The Morgan fingerprint density at radius 2 is 1.77 bits per heavy atom. The molecular weight excluding hydrogens is 426 g/mol. The van der Waals surface area contributed by atoms with Crippen LogP contribution in [0.25, 0.3) is 0 Å². The summed E-state index contributed by atoms with van der Waals surface area (Å²) >= 11 is 7.46. The molecule has 1 aromatic heterocycles. The molecular formula is C24H31N3O2S2. The van der Waals surface area contributed by atoms with Crippen LogP contribution in [-0.2, 0) is 17.6 Å². The van der Waals surface area contributed by atoms with Gasteiger partial charge in [0.1, 0.15) is 5.00 Å². The summed E-state index contributed by atoms with van der Waals surface area (Å²) in [6.07, 6.45) is 6.78. The molecule has 0 atom stereocenters. The van der Waals surface area contributed by atoms with Crippen molar-refractivity contribution in [3.8, 4) is 0 Å². The molecule has 0 amide bonds. The number of piperazine rings is 1. The number of ether oxygens (including phenoxy) is 1. The first kappa shape index (κ1) is 22.1. The van der Waals surface area contributed by atoms with Gasteiger partial charge in [-0.05, 0) is 62.5 Å². The van der Waals surface area contributed by atoms with E-state index >= 15 is 0 Å². The summed E-state index contributed by atoms with van der Waals surface area (Å²) in [7, 11) is 0. The first-order valence-electron chi connectivity index (χ1n) is 11.3. The molecule has 1 aliphatic carbocycles. The minimum atomic E-state index is -0.222. The summed E-state index contributed by atoms with van der Waals surface area (Å²) in [6.45, 7) is 5.82. The van der Waals surface area contributed by atoms with Gasteiger partial charge in [0.15, 0.2) is 5.11 Å². The minimum Gasteiger partial charge on any atom is -0.462 e. The molecule has 1 N–H and O–H groups in total. The second-order valence-electron chi connectivity index (χ2n) is 8.08. The highest BCUT2D eigenvalue weighted by molar-refractivity contribution is 7.80. The van der Waals surface area contributed by atoms with Gasteiger partial charge in [-0.2, -0.15) is 0 Å². The van der Waals surface area contributed by atoms with Gasteiger partial charge in [0.25, 0.3) is 0 Å². The number of carbonyl (C=O) groups excluding carboxylic acids is 1. The van der Waals surface area contributed by atoms with Crippen molar-refractivity contribution in [3.05, 3.63) is 46.3 Å². The predicted molar refractivity (Wildman–Crippen MR) is 133 cm³/mol. The van der Waals surface area contributed by atoms with E-state index < -0.39 is 0 Å². The Morgan fingerprint density at radius 1 is 1.06 bits per heavy atom. The zero-order valence-electron chi connectivity index (χ0n) is 18.2. The van der Waals surface area contributed by atoms with E-state index in [1.807, 2.05) is 13.0 Å². The third-order valence-electron chi connectivity index (χ3n) is 6.06. The van der Waals surface area contributed by atoms with Crippen molar-refractivity contribution in [3.63, 3.8) is 0 Å². The number of anilines is 2. The third-order valence-corrected chi connectivity index (χ3v) is 7.63. The fraction of sp³-hybridized carbons (Fsp3) is 0.500. The number of nitrogens with one attached hydrogen (secondary N) is 1. The number of fused-ring (bicyclic) bond motifs is 1. The van der Waals surface area contributed by atoms with Crippen LogP contribution in [0.4, 0.5) is 10.7 Å². The first-order valence-corrected chi connectivity index (χ1v) is 12.6. The number of benzene rings is 1. The molecule has 0 saturated carbocycles. The van der Waals surface area contributed by atoms with E-state index in [0.29, 0.717) is 17.3 Å². The lowest BCUT2D eigenvalue weighted by atomic mass is 9.96. The average molecular weight is 458 g/mol. The predicted octanol–water partition coefficient (Wildman–Crippen LogP) is 5.10. The highest BCUT2D eigenvalue weighted by atomic mass is 32.1. The van der Waals surface area contributed by atoms with Crippen LogP contribution >= 0.6 is 23.6 Å². The Balaban J connectivity index is 1.47. The van der Waals surface area contributed by atoms with Crippen LogP contribution in [-0.4, -0.2) is 48.8 Å². The Kier molecular flexibility index (Phi) is 7.45. The molecule has 2 aromatic rings. The largest absolute Gasteiger partial charge is 0.462 e. The Morgan fingerprint density at radius 3 is 2.48 bits per heavy atom. The molecule has 0 bridgehead atoms. The zero-order chi connectivity index (χ0) is 21.6. The van der Waals surface area contributed by atoms with Crippen molar-refractivity contribution >= 4 is 45.3 Å². The summed E-state index contributed by atoms with van der Waals surface area (Å²) in [5, 5.41) is 4.99. The van der Waals surface area contributed by atoms with Gasteiger partial charge in [0, 0.05) is 36.7 Å². The highest BCUT2D eigenvalue weighted by Gasteiger charge is 2.27. The van der Waals surface area contributed by atoms with E-state index in [4.69, 9.17) is 17.0 Å². The number of para-hydroxylation sites is 1. The summed E-state index contributed by atoms with van der Waals surface area (Å²) in [5.41, 5.74) is 3.15. The van der Waals surface area contributed by atoms with E-state index in [1.165, 1.54) is 35.4 Å². The van der Waals surface area contributed by atoms with Gasteiger partial charge in [0.05, 0.1) is 12.2 Å². The van der Waals surface area contributed by atoms with Crippen LogP contribution in [0.5, 0.6) is 0 Å². The average Bonchev–Trinajstić information content (AvgIpc) is 3.10. The van der Waals surface area contributed by atoms with Gasteiger partial charge in [-0.1, -0.05) is 31.0 Å². The molecule has 1 aromatic carbocycles. The van der Waals surface area contributed by atoms with Crippen LogP contribution < -0.4 is 10.2 Å². The molecule has 1 saturated heterocycles. The van der Waals surface area contributed by atoms with Crippen molar-refractivity contribution in [2.45, 2.75) is 45.4 Å². The first-order chi connectivity index (χ1) is 15.2. The lowest BCUT2D eigenvalue weighted by Crippen LogP contribution is -2.50. The summed E-state index contributed by atoms with van der Waals surface area (Å²) in [6, 6.07) is 10.5. The minimum absolute atomic E-state index is 0.222. The lowest BCUT2D eigenvalue weighted by molar-refractivity contribution is 0.0526. The van der Waals surface area contributed by atoms with E-state index in [-0.39, 0.29) is 5.97 Å². The number of esters is 1. The maximum absolute atomic E-state index is 12.8. The summed E-state index contributed by atoms with van der Waals surface area (Å²) in [5.74, 6) is -0.222. The molecule has 4 rings (SSSR count). The number of carbonyl (C=O) groups is 1. The zero-order valence-corrected chi connectivity index (χ0v) is 19.8. The van der Waals surface area contributed by atoms with Gasteiger partial charge in [-0.15, -0.1) is 11.3 Å². The maximum Gasteiger partial charge on any atom is 0.341 e. The van der Waals surface area contributed by atoms with E-state index in [2.05, 4.69) is 39.4 Å².